The van der Waals surface area contributed by atoms with Crippen LogP contribution in [-0.2, 0) is 10.0 Å². The van der Waals surface area contributed by atoms with E-state index in [1.165, 1.54) is 6.20 Å². The molecule has 0 amide bonds. The second-order valence-electron chi connectivity index (χ2n) is 7.30. The van der Waals surface area contributed by atoms with Crippen LogP contribution in [0, 0.1) is 11.7 Å². The van der Waals surface area contributed by atoms with Crippen molar-refractivity contribution < 1.29 is 12.8 Å². The molecule has 3 aromatic rings. The molecule has 152 valence electrons. The number of rotatable bonds is 5. The molecule has 1 aromatic heterocycles. The van der Waals surface area contributed by atoms with Crippen molar-refractivity contribution in [3.63, 3.8) is 0 Å². The van der Waals surface area contributed by atoms with E-state index in [1.807, 2.05) is 0 Å². The summed E-state index contributed by atoms with van der Waals surface area (Å²) < 4.78 is 41.0. The first kappa shape index (κ1) is 19.6. The van der Waals surface area contributed by atoms with E-state index in [9.17, 15) is 12.8 Å². The summed E-state index contributed by atoms with van der Waals surface area (Å²) in [5.41, 5.74) is 6.26. The summed E-state index contributed by atoms with van der Waals surface area (Å²) in [5.74, 6) is 0.519. The van der Waals surface area contributed by atoms with Gasteiger partial charge in [-0.25, -0.2) is 17.8 Å². The molecule has 0 unspecified atom stereocenters. The molecule has 0 bridgehead atoms. The van der Waals surface area contributed by atoms with Crippen LogP contribution in [0.1, 0.15) is 12.8 Å². The van der Waals surface area contributed by atoms with Crippen LogP contribution in [-0.4, -0.2) is 37.3 Å². The van der Waals surface area contributed by atoms with E-state index in [1.54, 1.807) is 52.8 Å². The third-order valence-electron chi connectivity index (χ3n) is 5.38. The van der Waals surface area contributed by atoms with Crippen LogP contribution in [0.25, 0.3) is 10.8 Å². The predicted molar refractivity (Wildman–Crippen MR) is 113 cm³/mol. The van der Waals surface area contributed by atoms with Gasteiger partial charge in [0.1, 0.15) is 11.6 Å². The Bertz CT molecular complexity index is 1110. The fourth-order valence-electron chi connectivity index (χ4n) is 3.70. The third-order valence-corrected chi connectivity index (χ3v) is 7.29. The van der Waals surface area contributed by atoms with Crippen molar-refractivity contribution in [1.29, 1.82) is 0 Å². The van der Waals surface area contributed by atoms with Gasteiger partial charge in [0, 0.05) is 36.1 Å². The zero-order valence-electron chi connectivity index (χ0n) is 15.9. The van der Waals surface area contributed by atoms with Crippen LogP contribution in [0.15, 0.2) is 59.6 Å². The second kappa shape index (κ2) is 7.96. The van der Waals surface area contributed by atoms with Crippen molar-refractivity contribution in [3.8, 4) is 0 Å². The largest absolute Gasteiger partial charge is 0.399 e. The molecule has 2 aromatic carbocycles. The van der Waals surface area contributed by atoms with Gasteiger partial charge in [-0.1, -0.05) is 18.2 Å². The van der Waals surface area contributed by atoms with E-state index in [0.717, 1.165) is 12.8 Å². The van der Waals surface area contributed by atoms with Crippen molar-refractivity contribution >= 4 is 32.3 Å². The van der Waals surface area contributed by atoms with Gasteiger partial charge >= 0.3 is 0 Å². The average molecular weight is 415 g/mol. The lowest BCUT2D eigenvalue weighted by molar-refractivity contribution is 0.282. The SMILES string of the molecule is Nc1ccc2c(NCC3CCN(S(=O)(=O)c4ccccc4)CC3)ncc(F)c2c1. The third kappa shape index (κ3) is 4.04. The van der Waals surface area contributed by atoms with Gasteiger partial charge in [0.05, 0.1) is 11.1 Å². The number of nitrogen functional groups attached to an aromatic ring is 1. The van der Waals surface area contributed by atoms with Gasteiger partial charge in [-0.15, -0.1) is 0 Å². The van der Waals surface area contributed by atoms with Gasteiger partial charge in [-0.05, 0) is 49.1 Å². The van der Waals surface area contributed by atoms with E-state index in [0.29, 0.717) is 52.7 Å². The molecular weight excluding hydrogens is 391 g/mol. The van der Waals surface area contributed by atoms with Gasteiger partial charge in [0.15, 0.2) is 0 Å². The van der Waals surface area contributed by atoms with Gasteiger partial charge in [0.25, 0.3) is 0 Å². The normalized spacial score (nSPS) is 16.2. The first-order valence-corrected chi connectivity index (χ1v) is 11.0. The van der Waals surface area contributed by atoms with Gasteiger partial charge < -0.3 is 11.1 Å². The first-order valence-electron chi connectivity index (χ1n) is 9.58. The first-order chi connectivity index (χ1) is 13.9. The van der Waals surface area contributed by atoms with E-state index >= 15 is 0 Å². The van der Waals surface area contributed by atoms with Crippen LogP contribution < -0.4 is 11.1 Å². The highest BCUT2D eigenvalue weighted by molar-refractivity contribution is 7.89. The summed E-state index contributed by atoms with van der Waals surface area (Å²) in [4.78, 5) is 4.51. The van der Waals surface area contributed by atoms with Gasteiger partial charge in [0.2, 0.25) is 10.0 Å². The summed E-state index contributed by atoms with van der Waals surface area (Å²) in [6, 6.07) is 13.6. The Balaban J connectivity index is 1.40. The molecule has 4 rings (SSSR count). The lowest BCUT2D eigenvalue weighted by Crippen LogP contribution is -2.39. The number of fused-ring (bicyclic) bond motifs is 1. The molecule has 0 aliphatic carbocycles. The van der Waals surface area contributed by atoms with Gasteiger partial charge in [-0.2, -0.15) is 4.31 Å². The Kier molecular flexibility index (Phi) is 5.38. The number of benzene rings is 2. The highest BCUT2D eigenvalue weighted by atomic mass is 32.2. The number of pyridine rings is 1. The lowest BCUT2D eigenvalue weighted by atomic mass is 9.98. The smallest absolute Gasteiger partial charge is 0.243 e. The fourth-order valence-corrected chi connectivity index (χ4v) is 5.19. The predicted octanol–water partition coefficient (Wildman–Crippen LogP) is 3.47. The number of sulfonamides is 1. The van der Waals surface area contributed by atoms with Gasteiger partial charge in [-0.3, -0.25) is 0 Å². The van der Waals surface area contributed by atoms with Crippen molar-refractivity contribution in [2.75, 3.05) is 30.7 Å². The topological polar surface area (TPSA) is 88.3 Å². The maximum Gasteiger partial charge on any atom is 0.243 e. The minimum Gasteiger partial charge on any atom is -0.399 e. The molecule has 8 heteroatoms. The van der Waals surface area contributed by atoms with Crippen LogP contribution in [0.5, 0.6) is 0 Å². The molecule has 1 fully saturated rings. The summed E-state index contributed by atoms with van der Waals surface area (Å²) in [5, 5.41) is 4.42. The fraction of sp³-hybridized carbons (Fsp3) is 0.286. The number of hydrogen-bond donors (Lipinski definition) is 2. The van der Waals surface area contributed by atoms with Crippen LogP contribution >= 0.6 is 0 Å². The molecule has 1 saturated heterocycles. The number of halogens is 1. The zero-order valence-corrected chi connectivity index (χ0v) is 16.7. The molecule has 0 radical (unpaired) electrons. The van der Waals surface area contributed by atoms with E-state index in [-0.39, 0.29) is 0 Å². The molecule has 0 saturated carbocycles. The standard InChI is InChI=1S/C21H23FN4O2S/c22-20-14-25-21(18-7-6-16(23)12-19(18)20)24-13-15-8-10-26(11-9-15)29(27,28)17-4-2-1-3-5-17/h1-7,12,14-15H,8-11,13,23H2,(H,24,25). The second-order valence-corrected chi connectivity index (χ2v) is 9.24. The van der Waals surface area contributed by atoms with E-state index in [4.69, 9.17) is 5.73 Å². The number of aromatic nitrogens is 1. The van der Waals surface area contributed by atoms with E-state index < -0.39 is 15.8 Å². The van der Waals surface area contributed by atoms with Crippen molar-refractivity contribution in [2.24, 2.45) is 5.92 Å². The number of piperidine rings is 1. The highest BCUT2D eigenvalue weighted by Crippen LogP contribution is 2.28. The van der Waals surface area contributed by atoms with Crippen molar-refractivity contribution in [2.45, 2.75) is 17.7 Å². The number of nitrogens with two attached hydrogens (primary N) is 1. The maximum atomic E-state index is 14.0. The highest BCUT2D eigenvalue weighted by Gasteiger charge is 2.29. The van der Waals surface area contributed by atoms with Crippen molar-refractivity contribution in [3.05, 3.63) is 60.5 Å². The summed E-state index contributed by atoms with van der Waals surface area (Å²) in [7, 11) is -3.44. The lowest BCUT2D eigenvalue weighted by Gasteiger charge is -2.31. The summed E-state index contributed by atoms with van der Waals surface area (Å²) in [6.07, 6.45) is 2.70. The Morgan fingerprint density at radius 2 is 1.83 bits per heavy atom. The maximum absolute atomic E-state index is 14.0. The molecule has 0 atom stereocenters. The number of anilines is 2. The minimum absolute atomic E-state index is 0.313. The Hall–Kier alpha value is -2.71. The molecule has 2 heterocycles. The molecule has 1 aliphatic heterocycles. The molecule has 1 aliphatic rings. The Morgan fingerprint density at radius 1 is 1.10 bits per heavy atom. The van der Waals surface area contributed by atoms with Crippen LogP contribution in [0.3, 0.4) is 0 Å². The molecule has 3 N–H and O–H groups in total. The summed E-state index contributed by atoms with van der Waals surface area (Å²) >= 11 is 0. The Morgan fingerprint density at radius 3 is 2.55 bits per heavy atom. The number of hydrogen-bond acceptors (Lipinski definition) is 5. The van der Waals surface area contributed by atoms with Crippen LogP contribution in [0.4, 0.5) is 15.9 Å². The summed E-state index contributed by atoms with van der Waals surface area (Å²) in [6.45, 7) is 1.62. The van der Waals surface area contributed by atoms with Crippen molar-refractivity contribution in [1.82, 2.24) is 9.29 Å². The molecule has 29 heavy (non-hydrogen) atoms. The Labute approximate surface area is 169 Å². The molecular formula is C21H23FN4O2S. The number of nitrogens with zero attached hydrogens (tertiary/aromatic N) is 2. The van der Waals surface area contributed by atoms with E-state index in [2.05, 4.69) is 10.3 Å². The minimum atomic E-state index is -3.44. The monoisotopic (exact) mass is 414 g/mol. The van der Waals surface area contributed by atoms with Crippen LogP contribution in [0.2, 0.25) is 0 Å². The average Bonchev–Trinajstić information content (AvgIpc) is 2.74. The molecule has 0 spiro atoms. The molecule has 6 nitrogen and oxygen atoms in total. The zero-order chi connectivity index (χ0) is 20.4. The number of nitrogens with one attached hydrogen (secondary N) is 1. The quantitative estimate of drug-likeness (QED) is 0.624.